The number of nitrogens with zero attached hydrogens (tertiary/aromatic N) is 1. The Balaban J connectivity index is 2.35. The van der Waals surface area contributed by atoms with E-state index in [0.29, 0.717) is 11.1 Å². The molecule has 31 heavy (non-hydrogen) atoms. The Labute approximate surface area is 182 Å². The van der Waals surface area contributed by atoms with Crippen LogP contribution in [0.3, 0.4) is 0 Å². The Kier molecular flexibility index (Phi) is 5.90. The monoisotopic (exact) mass is 419 g/mol. The van der Waals surface area contributed by atoms with Crippen LogP contribution >= 0.6 is 0 Å². The number of oxime groups is 1. The molecule has 0 radical (unpaired) electrons. The van der Waals surface area contributed by atoms with E-state index < -0.39 is 11.6 Å². The van der Waals surface area contributed by atoms with E-state index in [1.165, 1.54) is 6.92 Å². The maximum Gasteiger partial charge on any atom is 0.345 e. The van der Waals surface area contributed by atoms with Crippen LogP contribution < -0.4 is 5.63 Å². The molecular weight excluding hydrogens is 390 g/mol. The highest BCUT2D eigenvalue weighted by Crippen LogP contribution is 2.35. The average Bonchev–Trinajstić information content (AvgIpc) is 2.66. The fourth-order valence-corrected chi connectivity index (χ4v) is 3.35. The van der Waals surface area contributed by atoms with Gasteiger partial charge in [-0.25, -0.2) is 9.59 Å². The molecule has 0 aliphatic heterocycles. The summed E-state index contributed by atoms with van der Waals surface area (Å²) in [4.78, 5) is 29.4. The lowest BCUT2D eigenvalue weighted by molar-refractivity contribution is -0.140. The fraction of sp³-hybridized carbons (Fsp3) is 0.346. The summed E-state index contributed by atoms with van der Waals surface area (Å²) in [5, 5.41) is 4.78. The quantitative estimate of drug-likeness (QED) is 0.236. The highest BCUT2D eigenvalue weighted by atomic mass is 16.7. The highest BCUT2D eigenvalue weighted by Gasteiger charge is 2.25. The minimum absolute atomic E-state index is 0.0847. The highest BCUT2D eigenvalue weighted by molar-refractivity contribution is 6.13. The zero-order valence-electron chi connectivity index (χ0n) is 19.2. The molecule has 0 atom stereocenters. The molecule has 162 valence electrons. The van der Waals surface area contributed by atoms with Crippen molar-refractivity contribution >= 4 is 22.7 Å². The topological polar surface area (TPSA) is 68.9 Å². The molecule has 0 aliphatic rings. The van der Waals surface area contributed by atoms with Gasteiger partial charge in [-0.05, 0) is 28.5 Å². The van der Waals surface area contributed by atoms with Crippen LogP contribution in [0.4, 0.5) is 0 Å². The van der Waals surface area contributed by atoms with E-state index in [-0.39, 0.29) is 22.1 Å². The number of hydrogen-bond acceptors (Lipinski definition) is 5. The van der Waals surface area contributed by atoms with Gasteiger partial charge in [0.05, 0.1) is 5.56 Å². The van der Waals surface area contributed by atoms with E-state index in [1.807, 2.05) is 24.3 Å². The number of benzene rings is 2. The van der Waals surface area contributed by atoms with Crippen molar-refractivity contribution in [3.05, 3.63) is 81.2 Å². The Morgan fingerprint density at radius 1 is 0.935 bits per heavy atom. The number of rotatable bonds is 3. The number of fused-ring (bicyclic) bond motifs is 1. The van der Waals surface area contributed by atoms with E-state index in [9.17, 15) is 9.59 Å². The van der Waals surface area contributed by atoms with Crippen molar-refractivity contribution in [3.8, 4) is 0 Å². The standard InChI is InChI=1S/C26H29NO4/c1-16(28)31-27-22(17-11-9-8-10-12-17)20-14-18-13-19(25(2,3)4)15-21(26(5,6)7)23(18)30-24(20)29/h8-15H,1-7H3/b27-22+. The van der Waals surface area contributed by atoms with Crippen LogP contribution in [0.25, 0.3) is 11.0 Å². The first-order valence-electron chi connectivity index (χ1n) is 10.3. The summed E-state index contributed by atoms with van der Waals surface area (Å²) in [5.41, 5.74) is 2.99. The number of carbonyl (C=O) groups is 1. The number of carbonyl (C=O) groups excluding carboxylic acids is 1. The van der Waals surface area contributed by atoms with Gasteiger partial charge in [0.25, 0.3) is 0 Å². The molecule has 0 aliphatic carbocycles. The third-order valence-electron chi connectivity index (χ3n) is 5.07. The maximum atomic E-state index is 13.1. The number of hydrogen-bond donors (Lipinski definition) is 0. The van der Waals surface area contributed by atoms with E-state index >= 15 is 0 Å². The van der Waals surface area contributed by atoms with Crippen molar-refractivity contribution in [2.24, 2.45) is 5.16 Å². The Morgan fingerprint density at radius 3 is 2.13 bits per heavy atom. The van der Waals surface area contributed by atoms with Crippen molar-refractivity contribution in [3.63, 3.8) is 0 Å². The summed E-state index contributed by atoms with van der Waals surface area (Å²) >= 11 is 0. The second-order valence-electron chi connectivity index (χ2n) is 9.78. The maximum absolute atomic E-state index is 13.1. The van der Waals surface area contributed by atoms with Gasteiger partial charge in [-0.3, -0.25) is 0 Å². The summed E-state index contributed by atoms with van der Waals surface area (Å²) in [6.45, 7) is 14.0. The van der Waals surface area contributed by atoms with Crippen LogP contribution in [-0.2, 0) is 20.5 Å². The van der Waals surface area contributed by atoms with Crippen LogP contribution in [-0.4, -0.2) is 11.7 Å². The summed E-state index contributed by atoms with van der Waals surface area (Å²) in [6.07, 6.45) is 0. The zero-order valence-corrected chi connectivity index (χ0v) is 19.2. The summed E-state index contributed by atoms with van der Waals surface area (Å²) in [7, 11) is 0. The molecule has 0 N–H and O–H groups in total. The average molecular weight is 420 g/mol. The third-order valence-corrected chi connectivity index (χ3v) is 5.07. The minimum atomic E-state index is -0.566. The van der Waals surface area contributed by atoms with Gasteiger partial charge in [0.15, 0.2) is 0 Å². The molecule has 0 saturated heterocycles. The largest absolute Gasteiger partial charge is 0.422 e. The van der Waals surface area contributed by atoms with Gasteiger partial charge in [0.1, 0.15) is 11.3 Å². The molecule has 0 unspecified atom stereocenters. The van der Waals surface area contributed by atoms with E-state index in [1.54, 1.807) is 18.2 Å². The van der Waals surface area contributed by atoms with E-state index in [2.05, 4.69) is 52.8 Å². The van der Waals surface area contributed by atoms with Crippen molar-refractivity contribution in [1.29, 1.82) is 0 Å². The zero-order chi connectivity index (χ0) is 23.0. The molecule has 3 aromatic rings. The molecule has 3 rings (SSSR count). The Hall–Kier alpha value is -3.21. The van der Waals surface area contributed by atoms with Crippen LogP contribution in [0, 0.1) is 0 Å². The van der Waals surface area contributed by atoms with Gasteiger partial charge in [0, 0.05) is 23.4 Å². The van der Waals surface area contributed by atoms with Gasteiger partial charge in [-0.15, -0.1) is 0 Å². The lowest BCUT2D eigenvalue weighted by Gasteiger charge is -2.26. The van der Waals surface area contributed by atoms with Gasteiger partial charge >= 0.3 is 11.6 Å². The molecule has 0 spiro atoms. The predicted octanol–water partition coefficient (Wildman–Crippen LogP) is 5.70. The fourth-order valence-electron chi connectivity index (χ4n) is 3.35. The van der Waals surface area contributed by atoms with Crippen molar-refractivity contribution in [1.82, 2.24) is 0 Å². The molecule has 5 heteroatoms. The molecule has 0 fully saturated rings. The lowest BCUT2D eigenvalue weighted by Crippen LogP contribution is -2.20. The first kappa shape index (κ1) is 22.5. The van der Waals surface area contributed by atoms with E-state index in [0.717, 1.165) is 16.5 Å². The van der Waals surface area contributed by atoms with Crippen LogP contribution in [0.15, 0.2) is 62.9 Å². The van der Waals surface area contributed by atoms with Gasteiger partial charge in [-0.1, -0.05) is 83.1 Å². The van der Waals surface area contributed by atoms with Crippen molar-refractivity contribution in [2.45, 2.75) is 59.3 Å². The van der Waals surface area contributed by atoms with Crippen LogP contribution in [0.5, 0.6) is 0 Å². The molecule has 5 nitrogen and oxygen atoms in total. The molecule has 1 aromatic heterocycles. The Morgan fingerprint density at radius 2 is 1.58 bits per heavy atom. The smallest absolute Gasteiger partial charge is 0.345 e. The van der Waals surface area contributed by atoms with Gasteiger partial charge < -0.3 is 9.25 Å². The predicted molar refractivity (Wildman–Crippen MR) is 124 cm³/mol. The van der Waals surface area contributed by atoms with Gasteiger partial charge in [0.2, 0.25) is 0 Å². The van der Waals surface area contributed by atoms with Gasteiger partial charge in [-0.2, -0.15) is 0 Å². The lowest BCUT2D eigenvalue weighted by atomic mass is 9.79. The summed E-state index contributed by atoms with van der Waals surface area (Å²) in [5.74, 6) is -0.566. The Bertz CT molecular complexity index is 1210. The SMILES string of the molecule is CC(=O)O/N=C(\c1ccccc1)c1cc2cc(C(C)(C)C)cc(C(C)(C)C)c2oc1=O. The molecule has 0 bridgehead atoms. The second-order valence-corrected chi connectivity index (χ2v) is 9.78. The van der Waals surface area contributed by atoms with Crippen molar-refractivity contribution in [2.75, 3.05) is 0 Å². The molecule has 0 saturated carbocycles. The van der Waals surface area contributed by atoms with Crippen LogP contribution in [0.2, 0.25) is 0 Å². The molecular formula is C26H29NO4. The molecule has 0 amide bonds. The van der Waals surface area contributed by atoms with Crippen molar-refractivity contribution < 1.29 is 14.0 Å². The second kappa shape index (κ2) is 8.14. The molecule has 2 aromatic carbocycles. The van der Waals surface area contributed by atoms with Crippen LogP contribution in [0.1, 0.15) is 70.7 Å². The first-order valence-corrected chi connectivity index (χ1v) is 10.3. The summed E-state index contributed by atoms with van der Waals surface area (Å²) < 4.78 is 5.85. The first-order chi connectivity index (χ1) is 14.4. The minimum Gasteiger partial charge on any atom is -0.422 e. The summed E-state index contributed by atoms with van der Waals surface area (Å²) in [6, 6.07) is 15.1. The van der Waals surface area contributed by atoms with E-state index in [4.69, 9.17) is 9.25 Å². The normalized spacial score (nSPS) is 12.8. The molecule has 1 heterocycles. The third kappa shape index (κ3) is 4.93.